The monoisotopic (exact) mass is 249 g/mol. The van der Waals surface area contributed by atoms with E-state index in [4.69, 9.17) is 4.74 Å². The lowest BCUT2D eigenvalue weighted by Gasteiger charge is -2.30. The summed E-state index contributed by atoms with van der Waals surface area (Å²) in [4.78, 5) is 11.4. The largest absolute Gasteiger partial charge is 0.445 e. The maximum Gasteiger partial charge on any atom is 0.407 e. The molecule has 18 heavy (non-hydrogen) atoms. The molecule has 0 spiro atoms. The van der Waals surface area contributed by atoms with E-state index >= 15 is 0 Å². The molecule has 1 aromatic carbocycles. The molecule has 4 heteroatoms. The van der Waals surface area contributed by atoms with E-state index in [1.807, 2.05) is 30.3 Å². The van der Waals surface area contributed by atoms with E-state index in [2.05, 4.69) is 5.32 Å². The molecular weight excluding hydrogens is 230 g/mol. The minimum atomic E-state index is -0.475. The summed E-state index contributed by atoms with van der Waals surface area (Å²) in [5.74, 6) is 0.347. The van der Waals surface area contributed by atoms with Crippen LogP contribution in [0.4, 0.5) is 4.79 Å². The van der Waals surface area contributed by atoms with Gasteiger partial charge in [0.1, 0.15) is 6.61 Å². The predicted octanol–water partition coefficient (Wildman–Crippen LogP) is 2.07. The number of alkyl carbamates (subject to hydrolysis) is 1. The lowest BCUT2D eigenvalue weighted by molar-refractivity contribution is 0.0591. The Balaban J connectivity index is 1.63. The highest BCUT2D eigenvalue weighted by molar-refractivity contribution is 5.67. The fourth-order valence-corrected chi connectivity index (χ4v) is 1.95. The number of carbonyl (C=O) groups excluding carboxylic acids is 1. The molecule has 98 valence electrons. The topological polar surface area (TPSA) is 58.6 Å². The van der Waals surface area contributed by atoms with Gasteiger partial charge in [0.05, 0.1) is 6.10 Å². The standard InChI is InChI=1S/C14H19NO3/c16-13(12-7-4-8-12)9-15-14(17)18-10-11-5-2-1-3-6-11/h1-3,5-6,12-13,16H,4,7-10H2,(H,15,17). The SMILES string of the molecule is O=C(NCC(O)C1CCC1)OCc1ccccc1. The van der Waals surface area contributed by atoms with Gasteiger partial charge in [-0.1, -0.05) is 36.8 Å². The van der Waals surface area contributed by atoms with Crippen molar-refractivity contribution in [1.82, 2.24) is 5.32 Å². The minimum Gasteiger partial charge on any atom is -0.445 e. The van der Waals surface area contributed by atoms with Crippen molar-refractivity contribution in [2.75, 3.05) is 6.54 Å². The van der Waals surface area contributed by atoms with Crippen LogP contribution in [-0.4, -0.2) is 23.8 Å². The molecule has 0 radical (unpaired) electrons. The van der Waals surface area contributed by atoms with Gasteiger partial charge >= 0.3 is 6.09 Å². The molecule has 2 N–H and O–H groups in total. The molecule has 4 nitrogen and oxygen atoms in total. The molecular formula is C14H19NO3. The quantitative estimate of drug-likeness (QED) is 0.840. The number of ether oxygens (including phenoxy) is 1. The van der Waals surface area contributed by atoms with E-state index in [1.54, 1.807) is 0 Å². The van der Waals surface area contributed by atoms with Crippen LogP contribution >= 0.6 is 0 Å². The third-order valence-electron chi connectivity index (χ3n) is 3.36. The number of rotatable bonds is 5. The highest BCUT2D eigenvalue weighted by Gasteiger charge is 2.25. The van der Waals surface area contributed by atoms with Crippen LogP contribution in [0.3, 0.4) is 0 Å². The summed E-state index contributed by atoms with van der Waals surface area (Å²) >= 11 is 0. The van der Waals surface area contributed by atoms with Crippen molar-refractivity contribution in [3.63, 3.8) is 0 Å². The van der Waals surface area contributed by atoms with Crippen LogP contribution in [-0.2, 0) is 11.3 Å². The second-order valence-corrected chi connectivity index (χ2v) is 4.70. The Morgan fingerprint density at radius 2 is 2.11 bits per heavy atom. The van der Waals surface area contributed by atoms with Crippen molar-refractivity contribution in [2.24, 2.45) is 5.92 Å². The molecule has 0 bridgehead atoms. The Bertz CT molecular complexity index is 376. The van der Waals surface area contributed by atoms with Crippen molar-refractivity contribution in [2.45, 2.75) is 32.0 Å². The number of hydrogen-bond acceptors (Lipinski definition) is 3. The van der Waals surface area contributed by atoms with Gasteiger partial charge in [0.2, 0.25) is 0 Å². The van der Waals surface area contributed by atoms with Crippen LogP contribution in [0, 0.1) is 5.92 Å². The fourth-order valence-electron chi connectivity index (χ4n) is 1.95. The molecule has 0 aromatic heterocycles. The normalized spacial score (nSPS) is 16.7. The van der Waals surface area contributed by atoms with E-state index in [0.29, 0.717) is 5.92 Å². The summed E-state index contributed by atoms with van der Waals surface area (Å²) in [7, 11) is 0. The summed E-state index contributed by atoms with van der Waals surface area (Å²) in [6, 6.07) is 9.51. The molecule has 1 saturated carbocycles. The average Bonchev–Trinajstić information content (AvgIpc) is 2.33. The van der Waals surface area contributed by atoms with Gasteiger partial charge in [-0.2, -0.15) is 0 Å². The Hall–Kier alpha value is -1.55. The number of carbonyl (C=O) groups is 1. The summed E-state index contributed by atoms with van der Waals surface area (Å²) in [6.07, 6.45) is 2.38. The van der Waals surface area contributed by atoms with Gasteiger partial charge in [-0.15, -0.1) is 0 Å². The molecule has 2 rings (SSSR count). The maximum atomic E-state index is 11.4. The lowest BCUT2D eigenvalue weighted by atomic mass is 9.81. The first kappa shape index (κ1) is 12.9. The zero-order chi connectivity index (χ0) is 12.8. The highest BCUT2D eigenvalue weighted by Crippen LogP contribution is 2.29. The van der Waals surface area contributed by atoms with E-state index in [-0.39, 0.29) is 13.2 Å². The van der Waals surface area contributed by atoms with Crippen LogP contribution < -0.4 is 5.32 Å². The van der Waals surface area contributed by atoms with Crippen LogP contribution in [0.15, 0.2) is 30.3 Å². The summed E-state index contributed by atoms with van der Waals surface area (Å²) < 4.78 is 5.05. The molecule has 1 aliphatic carbocycles. The van der Waals surface area contributed by atoms with Crippen LogP contribution in [0.2, 0.25) is 0 Å². The Morgan fingerprint density at radius 3 is 2.72 bits per heavy atom. The molecule has 1 amide bonds. The van der Waals surface area contributed by atoms with Gasteiger partial charge in [0, 0.05) is 6.54 Å². The predicted molar refractivity (Wildman–Crippen MR) is 68.0 cm³/mol. The summed E-state index contributed by atoms with van der Waals surface area (Å²) in [5.41, 5.74) is 0.951. The number of aliphatic hydroxyl groups excluding tert-OH is 1. The molecule has 1 fully saturated rings. The van der Waals surface area contributed by atoms with E-state index in [1.165, 1.54) is 6.42 Å². The Morgan fingerprint density at radius 1 is 1.39 bits per heavy atom. The summed E-state index contributed by atoms with van der Waals surface area (Å²) in [5, 5.41) is 12.3. The summed E-state index contributed by atoms with van der Waals surface area (Å²) in [6.45, 7) is 0.532. The molecule has 1 atom stereocenters. The first-order valence-electron chi connectivity index (χ1n) is 6.38. The minimum absolute atomic E-state index is 0.256. The Labute approximate surface area is 107 Å². The Kier molecular flexibility index (Phi) is 4.59. The van der Waals surface area contributed by atoms with Gasteiger partial charge in [-0.3, -0.25) is 0 Å². The number of benzene rings is 1. The highest BCUT2D eigenvalue weighted by atomic mass is 16.5. The third kappa shape index (κ3) is 3.74. The number of nitrogens with one attached hydrogen (secondary N) is 1. The van der Waals surface area contributed by atoms with Crippen LogP contribution in [0.5, 0.6) is 0 Å². The first-order chi connectivity index (χ1) is 8.75. The van der Waals surface area contributed by atoms with Crippen LogP contribution in [0.1, 0.15) is 24.8 Å². The molecule has 0 saturated heterocycles. The van der Waals surface area contributed by atoms with Crippen molar-refractivity contribution >= 4 is 6.09 Å². The first-order valence-corrected chi connectivity index (χ1v) is 6.38. The van der Waals surface area contributed by atoms with Crippen molar-refractivity contribution in [3.8, 4) is 0 Å². The zero-order valence-corrected chi connectivity index (χ0v) is 10.3. The number of hydrogen-bond donors (Lipinski definition) is 2. The van der Waals surface area contributed by atoms with Gasteiger partial charge in [-0.25, -0.2) is 4.79 Å². The van der Waals surface area contributed by atoms with Gasteiger partial charge in [0.25, 0.3) is 0 Å². The van der Waals surface area contributed by atoms with Gasteiger partial charge in [0.15, 0.2) is 0 Å². The van der Waals surface area contributed by atoms with Crippen LogP contribution in [0.25, 0.3) is 0 Å². The van der Waals surface area contributed by atoms with Gasteiger partial charge < -0.3 is 15.2 Å². The van der Waals surface area contributed by atoms with Crippen molar-refractivity contribution in [3.05, 3.63) is 35.9 Å². The second kappa shape index (κ2) is 6.40. The molecule has 0 heterocycles. The molecule has 1 unspecified atom stereocenters. The molecule has 1 aromatic rings. The van der Waals surface area contributed by atoms with Crippen molar-refractivity contribution < 1.29 is 14.6 Å². The van der Waals surface area contributed by atoms with E-state index in [0.717, 1.165) is 18.4 Å². The smallest absolute Gasteiger partial charge is 0.407 e. The number of amides is 1. The van der Waals surface area contributed by atoms with E-state index in [9.17, 15) is 9.90 Å². The molecule has 0 aliphatic heterocycles. The average molecular weight is 249 g/mol. The fraction of sp³-hybridized carbons (Fsp3) is 0.500. The molecule has 1 aliphatic rings. The van der Waals surface area contributed by atoms with Crippen molar-refractivity contribution in [1.29, 1.82) is 0 Å². The number of aliphatic hydroxyl groups is 1. The van der Waals surface area contributed by atoms with E-state index < -0.39 is 12.2 Å². The second-order valence-electron chi connectivity index (χ2n) is 4.70. The third-order valence-corrected chi connectivity index (χ3v) is 3.36. The lowest BCUT2D eigenvalue weighted by Crippen LogP contribution is -2.38. The zero-order valence-electron chi connectivity index (χ0n) is 10.3. The maximum absolute atomic E-state index is 11.4. The van der Waals surface area contributed by atoms with Gasteiger partial charge in [-0.05, 0) is 24.3 Å².